The van der Waals surface area contributed by atoms with Crippen molar-refractivity contribution in [3.63, 3.8) is 0 Å². The first-order chi connectivity index (χ1) is 10.2. The van der Waals surface area contributed by atoms with Crippen LogP contribution in [0.1, 0.15) is 25.7 Å². The maximum atomic E-state index is 12.2. The smallest absolute Gasteiger partial charge is 0.247 e. The Morgan fingerprint density at radius 1 is 1.19 bits per heavy atom. The molecule has 0 spiro atoms. The molecular formula is C15H17N3O3. The predicted octanol–water partition coefficient (Wildman–Crippen LogP) is 2.23. The van der Waals surface area contributed by atoms with Crippen LogP contribution in [0.25, 0.3) is 11.5 Å². The first kappa shape index (κ1) is 13.8. The second-order valence-corrected chi connectivity index (χ2v) is 5.32. The molecule has 0 aliphatic heterocycles. The fourth-order valence-electron chi connectivity index (χ4n) is 2.58. The van der Waals surface area contributed by atoms with Crippen LogP contribution in [0.4, 0.5) is 5.69 Å². The van der Waals surface area contributed by atoms with E-state index in [9.17, 15) is 9.90 Å². The summed E-state index contributed by atoms with van der Waals surface area (Å²) in [7, 11) is 0. The van der Waals surface area contributed by atoms with Crippen molar-refractivity contribution >= 4 is 11.6 Å². The molecule has 1 fully saturated rings. The molecule has 0 unspecified atom stereocenters. The number of carbonyl (C=O) groups is 1. The zero-order valence-corrected chi connectivity index (χ0v) is 11.5. The molecule has 2 N–H and O–H groups in total. The Kier molecular flexibility index (Phi) is 3.96. The number of aliphatic hydroxyl groups excluding tert-OH is 1. The van der Waals surface area contributed by atoms with Crippen LogP contribution in [0.2, 0.25) is 0 Å². The van der Waals surface area contributed by atoms with E-state index in [-0.39, 0.29) is 17.9 Å². The first-order valence-corrected chi connectivity index (χ1v) is 7.08. The van der Waals surface area contributed by atoms with E-state index in [4.69, 9.17) is 4.42 Å². The lowest BCUT2D eigenvalue weighted by atomic mass is 9.87. The Morgan fingerprint density at radius 2 is 1.90 bits per heavy atom. The highest BCUT2D eigenvalue weighted by Gasteiger charge is 2.25. The van der Waals surface area contributed by atoms with Crippen LogP contribution >= 0.6 is 0 Å². The summed E-state index contributed by atoms with van der Waals surface area (Å²) in [4.78, 5) is 12.2. The van der Waals surface area contributed by atoms with Crippen molar-refractivity contribution in [1.82, 2.24) is 10.2 Å². The molecule has 1 aromatic carbocycles. The molecular weight excluding hydrogens is 270 g/mol. The Bertz CT molecular complexity index is 587. The number of aliphatic hydroxyl groups is 1. The average Bonchev–Trinajstić information content (AvgIpc) is 3.03. The van der Waals surface area contributed by atoms with Gasteiger partial charge in [-0.15, -0.1) is 10.2 Å². The Hall–Kier alpha value is -2.21. The van der Waals surface area contributed by atoms with Crippen molar-refractivity contribution < 1.29 is 14.3 Å². The number of nitrogens with one attached hydrogen (secondary N) is 1. The first-order valence-electron chi connectivity index (χ1n) is 7.08. The molecule has 2 aromatic rings. The van der Waals surface area contributed by atoms with Gasteiger partial charge in [0.15, 0.2) is 0 Å². The van der Waals surface area contributed by atoms with E-state index in [1.807, 2.05) is 24.3 Å². The van der Waals surface area contributed by atoms with Crippen molar-refractivity contribution in [2.75, 3.05) is 5.32 Å². The van der Waals surface area contributed by atoms with Crippen LogP contribution in [0.3, 0.4) is 0 Å². The summed E-state index contributed by atoms with van der Waals surface area (Å²) in [5, 5.41) is 19.8. The molecule has 21 heavy (non-hydrogen) atoms. The standard InChI is InChI=1S/C15H17N3O3/c19-13-7-3-10(4-8-13)14(20)17-12-5-1-11(2-6-12)15-18-16-9-21-15/h1-2,5-6,9-10,13,19H,3-4,7-8H2,(H,17,20). The van der Waals surface area contributed by atoms with E-state index in [0.29, 0.717) is 18.7 Å². The van der Waals surface area contributed by atoms with Gasteiger partial charge in [-0.2, -0.15) is 0 Å². The van der Waals surface area contributed by atoms with Crippen LogP contribution in [-0.2, 0) is 4.79 Å². The lowest BCUT2D eigenvalue weighted by Gasteiger charge is -2.24. The van der Waals surface area contributed by atoms with Crippen LogP contribution in [0.5, 0.6) is 0 Å². The van der Waals surface area contributed by atoms with E-state index in [0.717, 1.165) is 24.1 Å². The summed E-state index contributed by atoms with van der Waals surface area (Å²) in [6.07, 6.45) is 3.92. The van der Waals surface area contributed by atoms with E-state index >= 15 is 0 Å². The third kappa shape index (κ3) is 3.28. The van der Waals surface area contributed by atoms with E-state index in [1.54, 1.807) is 0 Å². The topological polar surface area (TPSA) is 88.3 Å². The highest BCUT2D eigenvalue weighted by atomic mass is 16.4. The fourth-order valence-corrected chi connectivity index (χ4v) is 2.58. The fraction of sp³-hybridized carbons (Fsp3) is 0.400. The lowest BCUT2D eigenvalue weighted by Crippen LogP contribution is -2.28. The van der Waals surface area contributed by atoms with Crippen LogP contribution in [-0.4, -0.2) is 27.3 Å². The lowest BCUT2D eigenvalue weighted by molar-refractivity contribution is -0.121. The van der Waals surface area contributed by atoms with Crippen molar-refractivity contribution in [3.05, 3.63) is 30.7 Å². The molecule has 0 bridgehead atoms. The van der Waals surface area contributed by atoms with Gasteiger partial charge < -0.3 is 14.8 Å². The van der Waals surface area contributed by atoms with Crippen molar-refractivity contribution in [2.24, 2.45) is 5.92 Å². The predicted molar refractivity (Wildman–Crippen MR) is 76.3 cm³/mol. The van der Waals surface area contributed by atoms with Gasteiger partial charge in [0.2, 0.25) is 18.2 Å². The highest BCUT2D eigenvalue weighted by Crippen LogP contribution is 2.26. The van der Waals surface area contributed by atoms with Gasteiger partial charge >= 0.3 is 0 Å². The largest absolute Gasteiger partial charge is 0.423 e. The molecule has 0 radical (unpaired) electrons. The van der Waals surface area contributed by atoms with Gasteiger partial charge in [-0.3, -0.25) is 4.79 Å². The molecule has 1 aliphatic carbocycles. The number of amides is 1. The quantitative estimate of drug-likeness (QED) is 0.903. The van der Waals surface area contributed by atoms with Crippen molar-refractivity contribution in [3.8, 4) is 11.5 Å². The molecule has 6 heteroatoms. The SMILES string of the molecule is O=C(Nc1ccc(-c2nnco2)cc1)C1CCC(O)CC1. The number of hydrogen-bond donors (Lipinski definition) is 2. The third-order valence-electron chi connectivity index (χ3n) is 3.83. The maximum absolute atomic E-state index is 12.2. The highest BCUT2D eigenvalue weighted by molar-refractivity contribution is 5.92. The van der Waals surface area contributed by atoms with Crippen LogP contribution in [0.15, 0.2) is 35.1 Å². The van der Waals surface area contributed by atoms with Gasteiger partial charge in [0.25, 0.3) is 0 Å². The molecule has 1 heterocycles. The zero-order chi connectivity index (χ0) is 14.7. The molecule has 1 aromatic heterocycles. The molecule has 110 valence electrons. The van der Waals surface area contributed by atoms with Gasteiger partial charge in [0, 0.05) is 17.2 Å². The van der Waals surface area contributed by atoms with Gasteiger partial charge in [-0.25, -0.2) is 0 Å². The zero-order valence-electron chi connectivity index (χ0n) is 11.5. The minimum absolute atomic E-state index is 0.0102. The number of rotatable bonds is 3. The second-order valence-electron chi connectivity index (χ2n) is 5.32. The Labute approximate surface area is 122 Å². The van der Waals surface area contributed by atoms with Gasteiger partial charge in [-0.1, -0.05) is 0 Å². The van der Waals surface area contributed by atoms with Crippen molar-refractivity contribution in [1.29, 1.82) is 0 Å². The molecule has 3 rings (SSSR count). The van der Waals surface area contributed by atoms with Gasteiger partial charge in [0.1, 0.15) is 0 Å². The molecule has 1 amide bonds. The number of anilines is 1. The Balaban J connectivity index is 1.61. The molecule has 6 nitrogen and oxygen atoms in total. The van der Waals surface area contributed by atoms with Crippen LogP contribution in [0, 0.1) is 5.92 Å². The molecule has 1 aliphatic rings. The van der Waals surface area contributed by atoms with Gasteiger partial charge in [-0.05, 0) is 49.9 Å². The second kappa shape index (κ2) is 6.05. The molecule has 0 atom stereocenters. The maximum Gasteiger partial charge on any atom is 0.247 e. The van der Waals surface area contributed by atoms with E-state index in [2.05, 4.69) is 15.5 Å². The Morgan fingerprint density at radius 3 is 2.52 bits per heavy atom. The number of benzene rings is 1. The molecule has 0 saturated heterocycles. The summed E-state index contributed by atoms with van der Waals surface area (Å²) in [5.41, 5.74) is 1.56. The number of nitrogens with zero attached hydrogens (tertiary/aromatic N) is 2. The van der Waals surface area contributed by atoms with E-state index in [1.165, 1.54) is 6.39 Å². The summed E-state index contributed by atoms with van der Waals surface area (Å²) < 4.78 is 5.11. The normalized spacial score (nSPS) is 22.0. The minimum Gasteiger partial charge on any atom is -0.423 e. The number of carbonyl (C=O) groups excluding carboxylic acids is 1. The summed E-state index contributed by atoms with van der Waals surface area (Å²) in [6, 6.07) is 7.28. The average molecular weight is 287 g/mol. The van der Waals surface area contributed by atoms with Gasteiger partial charge in [0.05, 0.1) is 6.10 Å². The van der Waals surface area contributed by atoms with E-state index < -0.39 is 0 Å². The van der Waals surface area contributed by atoms with Crippen LogP contribution < -0.4 is 5.32 Å². The minimum atomic E-state index is -0.247. The number of aromatic nitrogens is 2. The summed E-state index contributed by atoms with van der Waals surface area (Å²) in [5.74, 6) is 0.464. The number of hydrogen-bond acceptors (Lipinski definition) is 5. The summed E-state index contributed by atoms with van der Waals surface area (Å²) >= 11 is 0. The third-order valence-corrected chi connectivity index (χ3v) is 3.83. The van der Waals surface area contributed by atoms with Crippen molar-refractivity contribution in [2.45, 2.75) is 31.8 Å². The monoisotopic (exact) mass is 287 g/mol. The summed E-state index contributed by atoms with van der Waals surface area (Å²) in [6.45, 7) is 0. The molecule has 1 saturated carbocycles.